The largest absolute Gasteiger partial charge is 0.316 e. The summed E-state index contributed by atoms with van der Waals surface area (Å²) in [5, 5.41) is 19.5. The van der Waals surface area contributed by atoms with Gasteiger partial charge >= 0.3 is 0 Å². The van der Waals surface area contributed by atoms with Crippen molar-refractivity contribution in [3.05, 3.63) is 34.9 Å². The molecule has 5 heteroatoms. The number of hydrogen-bond acceptors (Lipinski definition) is 3. The first-order valence-electron chi connectivity index (χ1n) is 6.04. The summed E-state index contributed by atoms with van der Waals surface area (Å²) in [6, 6.07) is 7.59. The molecule has 1 saturated heterocycles. The van der Waals surface area contributed by atoms with Gasteiger partial charge in [-0.05, 0) is 37.1 Å². The molecule has 1 heterocycles. The standard InChI is InChI=1S/C13H17ClN4/c14-11-5-3-10(4-6-11)8-18(9-15)13(16)12-2-1-7-17-12/h3-6,9,12,15-17H,1-2,7-8H2/t12-/m1/s1. The summed E-state index contributed by atoms with van der Waals surface area (Å²) in [6.45, 7) is 1.50. The molecule has 18 heavy (non-hydrogen) atoms. The molecule has 0 saturated carbocycles. The summed E-state index contributed by atoms with van der Waals surface area (Å²) in [7, 11) is 0. The number of benzene rings is 1. The van der Waals surface area contributed by atoms with Crippen LogP contribution in [0.3, 0.4) is 0 Å². The first-order chi connectivity index (χ1) is 8.70. The Morgan fingerprint density at radius 2 is 2.17 bits per heavy atom. The van der Waals surface area contributed by atoms with Gasteiger partial charge in [0.05, 0.1) is 18.9 Å². The zero-order chi connectivity index (χ0) is 13.0. The molecule has 1 aromatic rings. The van der Waals surface area contributed by atoms with Crippen LogP contribution >= 0.6 is 11.6 Å². The molecule has 3 N–H and O–H groups in total. The molecule has 0 aromatic heterocycles. The molecular weight excluding hydrogens is 248 g/mol. The number of nitrogens with zero attached hydrogens (tertiary/aromatic N) is 1. The van der Waals surface area contributed by atoms with E-state index < -0.39 is 0 Å². The van der Waals surface area contributed by atoms with E-state index >= 15 is 0 Å². The van der Waals surface area contributed by atoms with Gasteiger partial charge in [-0.2, -0.15) is 0 Å². The van der Waals surface area contributed by atoms with E-state index in [1.165, 1.54) is 6.34 Å². The van der Waals surface area contributed by atoms with E-state index in [1.54, 1.807) is 4.90 Å². The van der Waals surface area contributed by atoms with Gasteiger partial charge in [0.2, 0.25) is 0 Å². The molecule has 0 spiro atoms. The summed E-state index contributed by atoms with van der Waals surface area (Å²) in [6.07, 6.45) is 3.29. The third kappa shape index (κ3) is 3.09. The number of nitrogens with one attached hydrogen (secondary N) is 3. The summed E-state index contributed by atoms with van der Waals surface area (Å²) >= 11 is 5.84. The van der Waals surface area contributed by atoms with Crippen molar-refractivity contribution in [2.45, 2.75) is 25.4 Å². The van der Waals surface area contributed by atoms with Crippen molar-refractivity contribution < 1.29 is 0 Å². The smallest absolute Gasteiger partial charge is 0.119 e. The highest BCUT2D eigenvalue weighted by molar-refractivity contribution is 6.30. The number of halogens is 1. The molecule has 1 fully saturated rings. The van der Waals surface area contributed by atoms with Crippen molar-refractivity contribution in [2.75, 3.05) is 6.54 Å². The topological polar surface area (TPSA) is 63.0 Å². The molecule has 1 aliphatic rings. The predicted molar refractivity (Wildman–Crippen MR) is 74.5 cm³/mol. The van der Waals surface area contributed by atoms with Crippen molar-refractivity contribution in [1.82, 2.24) is 10.2 Å². The van der Waals surface area contributed by atoms with Crippen LogP contribution in [0.1, 0.15) is 18.4 Å². The first-order valence-corrected chi connectivity index (χ1v) is 6.42. The Morgan fingerprint density at radius 1 is 1.44 bits per heavy atom. The zero-order valence-electron chi connectivity index (χ0n) is 10.1. The minimum atomic E-state index is 0.0823. The van der Waals surface area contributed by atoms with Gasteiger partial charge in [0.1, 0.15) is 5.84 Å². The third-order valence-corrected chi connectivity index (χ3v) is 3.37. The Kier molecular flexibility index (Phi) is 4.33. The summed E-state index contributed by atoms with van der Waals surface area (Å²) < 4.78 is 0. The highest BCUT2D eigenvalue weighted by Gasteiger charge is 2.22. The molecular formula is C13H17ClN4. The molecule has 0 radical (unpaired) electrons. The van der Waals surface area contributed by atoms with Crippen molar-refractivity contribution in [3.8, 4) is 0 Å². The molecule has 1 aromatic carbocycles. The normalized spacial score (nSPS) is 18.6. The monoisotopic (exact) mass is 264 g/mol. The van der Waals surface area contributed by atoms with Gasteiger partial charge in [-0.25, -0.2) is 0 Å². The van der Waals surface area contributed by atoms with Crippen molar-refractivity contribution in [1.29, 1.82) is 10.8 Å². The lowest BCUT2D eigenvalue weighted by molar-refractivity contribution is 0.563. The van der Waals surface area contributed by atoms with Gasteiger partial charge in [-0.15, -0.1) is 0 Å². The van der Waals surface area contributed by atoms with Gasteiger partial charge in [0, 0.05) is 5.02 Å². The predicted octanol–water partition coefficient (Wildman–Crippen LogP) is 2.48. The maximum Gasteiger partial charge on any atom is 0.119 e. The van der Waals surface area contributed by atoms with Crippen LogP contribution in [0.15, 0.2) is 24.3 Å². The van der Waals surface area contributed by atoms with Gasteiger partial charge in [0.25, 0.3) is 0 Å². The second kappa shape index (κ2) is 5.98. The van der Waals surface area contributed by atoms with Gasteiger partial charge in [-0.1, -0.05) is 23.7 Å². The molecule has 0 bridgehead atoms. The Labute approximate surface area is 112 Å². The highest BCUT2D eigenvalue weighted by atomic mass is 35.5. The Bertz CT molecular complexity index is 423. The minimum Gasteiger partial charge on any atom is -0.316 e. The molecule has 2 rings (SSSR count). The number of hydrogen-bond donors (Lipinski definition) is 3. The summed E-state index contributed by atoms with van der Waals surface area (Å²) in [4.78, 5) is 1.66. The molecule has 4 nitrogen and oxygen atoms in total. The maximum atomic E-state index is 8.12. The van der Waals surface area contributed by atoms with E-state index in [2.05, 4.69) is 5.32 Å². The Hall–Kier alpha value is -1.39. The molecule has 96 valence electrons. The van der Waals surface area contributed by atoms with Crippen LogP contribution in [0.2, 0.25) is 5.02 Å². The molecule has 0 aliphatic carbocycles. The first kappa shape index (κ1) is 13.1. The van der Waals surface area contributed by atoms with E-state index in [4.69, 9.17) is 22.4 Å². The van der Waals surface area contributed by atoms with E-state index in [9.17, 15) is 0 Å². The molecule has 1 atom stereocenters. The SMILES string of the molecule is N=CN(Cc1ccc(Cl)cc1)C(=N)[C@H]1CCCN1. The van der Waals surface area contributed by atoms with E-state index in [0.29, 0.717) is 17.4 Å². The zero-order valence-corrected chi connectivity index (χ0v) is 10.9. The molecule has 1 aliphatic heterocycles. The number of amidine groups is 1. The maximum absolute atomic E-state index is 8.12. The van der Waals surface area contributed by atoms with Crippen LogP contribution in [0.25, 0.3) is 0 Å². The van der Waals surface area contributed by atoms with Gasteiger partial charge in [0.15, 0.2) is 0 Å². The van der Waals surface area contributed by atoms with Crippen LogP contribution in [0.4, 0.5) is 0 Å². The summed E-state index contributed by atoms with van der Waals surface area (Å²) in [5.74, 6) is 0.470. The number of rotatable bonds is 4. The lowest BCUT2D eigenvalue weighted by atomic mass is 10.1. The second-order valence-corrected chi connectivity index (χ2v) is 4.85. The minimum absolute atomic E-state index is 0.0823. The van der Waals surface area contributed by atoms with E-state index in [-0.39, 0.29) is 6.04 Å². The van der Waals surface area contributed by atoms with Crippen molar-refractivity contribution in [2.24, 2.45) is 0 Å². The highest BCUT2D eigenvalue weighted by Crippen LogP contribution is 2.13. The lowest BCUT2D eigenvalue weighted by Crippen LogP contribution is -2.41. The van der Waals surface area contributed by atoms with Crippen molar-refractivity contribution >= 4 is 23.8 Å². The average molecular weight is 265 g/mol. The van der Waals surface area contributed by atoms with E-state index in [1.807, 2.05) is 24.3 Å². The van der Waals surface area contributed by atoms with Gasteiger partial charge in [-0.3, -0.25) is 10.8 Å². The molecule has 0 unspecified atom stereocenters. The Morgan fingerprint density at radius 3 is 2.72 bits per heavy atom. The van der Waals surface area contributed by atoms with Crippen molar-refractivity contribution in [3.63, 3.8) is 0 Å². The quantitative estimate of drug-likeness (QED) is 0.578. The van der Waals surface area contributed by atoms with Crippen LogP contribution in [-0.2, 0) is 6.54 Å². The fourth-order valence-corrected chi connectivity index (χ4v) is 2.23. The second-order valence-electron chi connectivity index (χ2n) is 4.42. The average Bonchev–Trinajstić information content (AvgIpc) is 2.91. The summed E-state index contributed by atoms with van der Waals surface area (Å²) in [5.41, 5.74) is 1.05. The fourth-order valence-electron chi connectivity index (χ4n) is 2.10. The van der Waals surface area contributed by atoms with Crippen LogP contribution in [-0.4, -0.2) is 29.7 Å². The fraction of sp³-hybridized carbons (Fsp3) is 0.385. The lowest BCUT2D eigenvalue weighted by Gasteiger charge is -2.24. The Balaban J connectivity index is 2.02. The third-order valence-electron chi connectivity index (χ3n) is 3.12. The van der Waals surface area contributed by atoms with Gasteiger partial charge < -0.3 is 10.2 Å². The molecule has 0 amide bonds. The van der Waals surface area contributed by atoms with Crippen LogP contribution < -0.4 is 5.32 Å². The van der Waals surface area contributed by atoms with Crippen LogP contribution in [0.5, 0.6) is 0 Å². The van der Waals surface area contributed by atoms with E-state index in [0.717, 1.165) is 24.9 Å². The van der Waals surface area contributed by atoms with Crippen LogP contribution in [0, 0.1) is 10.8 Å².